The van der Waals surface area contributed by atoms with Crippen molar-refractivity contribution in [2.45, 2.75) is 0 Å². The Kier molecular flexibility index (Phi) is 3.15. The summed E-state index contributed by atoms with van der Waals surface area (Å²) >= 11 is 0. The number of hydrogen-bond donors (Lipinski definition) is 1. The predicted octanol–water partition coefficient (Wildman–Crippen LogP) is -0.605. The summed E-state index contributed by atoms with van der Waals surface area (Å²) in [7, 11) is 0. The van der Waals surface area contributed by atoms with Gasteiger partial charge in [-0.25, -0.2) is 4.52 Å². The molecule has 0 bridgehead atoms. The maximum atomic E-state index is 9.21. The van der Waals surface area contributed by atoms with Crippen molar-refractivity contribution in [3.05, 3.63) is 54.7 Å². The molecule has 0 aliphatic carbocycles. The van der Waals surface area contributed by atoms with E-state index in [0.29, 0.717) is 0 Å². The van der Waals surface area contributed by atoms with Crippen LogP contribution >= 0.6 is 0 Å². The standard InChI is InChI=1S/C13H9NO2.BrH/c15-12-6-4-10(5-7-12)13-9-11-3-1-2-8-14(11)16-13;/h1-9H;1H. The van der Waals surface area contributed by atoms with E-state index >= 15 is 0 Å². The maximum absolute atomic E-state index is 9.21. The van der Waals surface area contributed by atoms with Crippen molar-refractivity contribution < 1.29 is 31.2 Å². The number of nitrogens with zero attached hydrogens (tertiary/aromatic N) is 1. The van der Waals surface area contributed by atoms with E-state index in [2.05, 4.69) is 0 Å². The zero-order chi connectivity index (χ0) is 11.0. The SMILES string of the molecule is Oc1ccc(-c2cc3cccc[n+]3o2)cc1.[Br-]. The molecule has 0 fully saturated rings. The first kappa shape index (κ1) is 11.7. The Balaban J connectivity index is 0.00000108. The molecule has 0 atom stereocenters. The molecule has 86 valence electrons. The van der Waals surface area contributed by atoms with E-state index in [-0.39, 0.29) is 22.7 Å². The minimum atomic E-state index is 0. The van der Waals surface area contributed by atoms with Gasteiger partial charge in [-0.15, -0.1) is 0 Å². The molecule has 0 unspecified atom stereocenters. The summed E-state index contributed by atoms with van der Waals surface area (Å²) in [6.45, 7) is 0. The van der Waals surface area contributed by atoms with Crippen molar-refractivity contribution in [2.24, 2.45) is 0 Å². The van der Waals surface area contributed by atoms with Crippen molar-refractivity contribution in [2.75, 3.05) is 0 Å². The van der Waals surface area contributed by atoms with Gasteiger partial charge in [-0.05, 0) is 30.3 Å². The second kappa shape index (κ2) is 4.59. The third-order valence-electron chi connectivity index (χ3n) is 2.48. The summed E-state index contributed by atoms with van der Waals surface area (Å²) in [5, 5.41) is 9.21. The van der Waals surface area contributed by atoms with Gasteiger partial charge in [0.2, 0.25) is 12.0 Å². The first-order valence-corrected chi connectivity index (χ1v) is 5.03. The van der Waals surface area contributed by atoms with Crippen LogP contribution in [0.4, 0.5) is 0 Å². The Morgan fingerprint density at radius 3 is 2.47 bits per heavy atom. The summed E-state index contributed by atoms with van der Waals surface area (Å²) in [6, 6.07) is 14.8. The Bertz CT molecular complexity index is 598. The number of aromatic hydroxyl groups is 1. The van der Waals surface area contributed by atoms with Crippen LogP contribution in [0.25, 0.3) is 16.8 Å². The highest BCUT2D eigenvalue weighted by molar-refractivity contribution is 5.62. The number of phenolic OH excluding ortho intramolecular Hbond substituents is 1. The lowest BCUT2D eigenvalue weighted by Gasteiger charge is -1.92. The summed E-state index contributed by atoms with van der Waals surface area (Å²) in [5.41, 5.74) is 1.95. The number of fused-ring (bicyclic) bond motifs is 1. The molecule has 0 amide bonds. The van der Waals surface area contributed by atoms with Crippen LogP contribution in [0.5, 0.6) is 5.75 Å². The van der Waals surface area contributed by atoms with E-state index in [1.54, 1.807) is 16.7 Å². The second-order valence-electron chi connectivity index (χ2n) is 3.60. The lowest BCUT2D eigenvalue weighted by Crippen LogP contribution is -3.00. The number of halogens is 1. The van der Waals surface area contributed by atoms with E-state index < -0.39 is 0 Å². The molecule has 1 N–H and O–H groups in total. The Hall–Kier alpha value is -1.81. The molecule has 3 nitrogen and oxygen atoms in total. The molecule has 4 heteroatoms. The van der Waals surface area contributed by atoms with E-state index in [0.717, 1.165) is 16.8 Å². The molecule has 0 spiro atoms. The highest BCUT2D eigenvalue weighted by atomic mass is 79.9. The van der Waals surface area contributed by atoms with Gasteiger partial charge in [0.1, 0.15) is 5.75 Å². The normalized spacial score (nSPS) is 10.1. The van der Waals surface area contributed by atoms with Gasteiger partial charge in [0, 0.05) is 22.3 Å². The Morgan fingerprint density at radius 2 is 1.76 bits per heavy atom. The van der Waals surface area contributed by atoms with Gasteiger partial charge in [0.05, 0.1) is 6.07 Å². The first-order valence-electron chi connectivity index (χ1n) is 5.03. The molecular formula is C13H10BrNO2. The molecule has 1 aromatic carbocycles. The number of hydrogen-bond acceptors (Lipinski definition) is 2. The van der Waals surface area contributed by atoms with Crippen LogP contribution in [0.15, 0.2) is 59.3 Å². The molecule has 17 heavy (non-hydrogen) atoms. The van der Waals surface area contributed by atoms with Crippen molar-refractivity contribution in [1.29, 1.82) is 0 Å². The number of phenols is 1. The number of benzene rings is 1. The van der Waals surface area contributed by atoms with Crippen molar-refractivity contribution in [3.8, 4) is 17.1 Å². The molecule has 3 rings (SSSR count). The van der Waals surface area contributed by atoms with Gasteiger partial charge in [0.25, 0.3) is 5.52 Å². The van der Waals surface area contributed by atoms with Gasteiger partial charge in [-0.3, -0.25) is 0 Å². The molecular weight excluding hydrogens is 282 g/mol. The molecule has 0 aliphatic heterocycles. The number of aromatic nitrogens is 1. The zero-order valence-electron chi connectivity index (χ0n) is 8.88. The van der Waals surface area contributed by atoms with Gasteiger partial charge < -0.3 is 22.1 Å². The van der Waals surface area contributed by atoms with Crippen LogP contribution in [0.2, 0.25) is 0 Å². The molecule has 2 heterocycles. The van der Waals surface area contributed by atoms with Gasteiger partial charge in [-0.2, -0.15) is 0 Å². The second-order valence-corrected chi connectivity index (χ2v) is 3.60. The maximum Gasteiger partial charge on any atom is 0.262 e. The van der Waals surface area contributed by atoms with Crippen molar-refractivity contribution in [3.63, 3.8) is 0 Å². The summed E-state index contributed by atoms with van der Waals surface area (Å²) in [5.74, 6) is 1.04. The van der Waals surface area contributed by atoms with Crippen molar-refractivity contribution in [1.82, 2.24) is 0 Å². The van der Waals surface area contributed by atoms with E-state index in [4.69, 9.17) is 4.52 Å². The van der Waals surface area contributed by atoms with Gasteiger partial charge in [0.15, 0.2) is 0 Å². The van der Waals surface area contributed by atoms with Gasteiger partial charge >= 0.3 is 0 Å². The smallest absolute Gasteiger partial charge is 0.262 e. The van der Waals surface area contributed by atoms with Crippen LogP contribution in [-0.2, 0) is 0 Å². The summed E-state index contributed by atoms with van der Waals surface area (Å²) < 4.78 is 7.34. The van der Waals surface area contributed by atoms with Crippen molar-refractivity contribution >= 4 is 5.52 Å². The fourth-order valence-corrected chi connectivity index (χ4v) is 1.66. The summed E-state index contributed by atoms with van der Waals surface area (Å²) in [6.07, 6.45) is 1.86. The minimum Gasteiger partial charge on any atom is -1.00 e. The predicted molar refractivity (Wildman–Crippen MR) is 59.0 cm³/mol. The lowest BCUT2D eigenvalue weighted by atomic mass is 10.1. The number of rotatable bonds is 1. The largest absolute Gasteiger partial charge is 1.00 e. The lowest BCUT2D eigenvalue weighted by molar-refractivity contribution is -0.714. The molecule has 0 saturated heterocycles. The third kappa shape index (κ3) is 2.17. The van der Waals surface area contributed by atoms with E-state index in [9.17, 15) is 5.11 Å². The quantitative estimate of drug-likeness (QED) is 0.608. The summed E-state index contributed by atoms with van der Waals surface area (Å²) in [4.78, 5) is 0. The minimum absolute atomic E-state index is 0. The average Bonchev–Trinajstić information content (AvgIpc) is 2.73. The van der Waals surface area contributed by atoms with Gasteiger partial charge in [-0.1, -0.05) is 0 Å². The van der Waals surface area contributed by atoms with E-state index in [1.165, 1.54) is 0 Å². The van der Waals surface area contributed by atoms with E-state index in [1.807, 2.05) is 42.6 Å². The fraction of sp³-hybridized carbons (Fsp3) is 0. The molecule has 2 aromatic heterocycles. The first-order chi connectivity index (χ1) is 7.83. The van der Waals surface area contributed by atoms with Crippen LogP contribution in [0, 0.1) is 0 Å². The highest BCUT2D eigenvalue weighted by Gasteiger charge is 2.12. The molecule has 0 radical (unpaired) electrons. The average molecular weight is 292 g/mol. The monoisotopic (exact) mass is 291 g/mol. The molecule has 0 saturated carbocycles. The number of pyridine rings is 1. The third-order valence-corrected chi connectivity index (χ3v) is 2.48. The fourth-order valence-electron chi connectivity index (χ4n) is 1.66. The topological polar surface area (TPSA) is 37.5 Å². The zero-order valence-corrected chi connectivity index (χ0v) is 10.5. The van der Waals surface area contributed by atoms with Crippen LogP contribution in [0.3, 0.4) is 0 Å². The highest BCUT2D eigenvalue weighted by Crippen LogP contribution is 2.22. The molecule has 0 aliphatic rings. The van der Waals surface area contributed by atoms with Crippen LogP contribution in [0.1, 0.15) is 0 Å². The Labute approximate surface area is 109 Å². The Morgan fingerprint density at radius 1 is 1.00 bits per heavy atom. The van der Waals surface area contributed by atoms with Crippen LogP contribution in [-0.4, -0.2) is 5.11 Å². The van der Waals surface area contributed by atoms with Crippen LogP contribution < -0.4 is 21.6 Å². The molecule has 3 aromatic rings.